The van der Waals surface area contributed by atoms with Crippen LogP contribution in [0.5, 0.6) is 0 Å². The Morgan fingerprint density at radius 2 is 1.70 bits per heavy atom. The van der Waals surface area contributed by atoms with Gasteiger partial charge in [0.25, 0.3) is 0 Å². The van der Waals surface area contributed by atoms with Crippen LogP contribution in [0.2, 0.25) is 0 Å². The van der Waals surface area contributed by atoms with Gasteiger partial charge >= 0.3 is 0 Å². The molecule has 0 fully saturated rings. The Balaban J connectivity index is 1.61. The number of amides is 4. The van der Waals surface area contributed by atoms with Crippen LogP contribution in [-0.2, 0) is 25.7 Å². The standard InChI is InChI=1S/C28H36N6O5S/c1-3-29-12-14-34(26(37)17-32-24(35)16-30-19(2)15-31-25(36)18-40)28(39)21-11-13-33-22(21)9-10-23(33)27(38)20-7-5-4-6-8-20/h4-10,21,29-30,40H,2-3,11-18H2,1H3,(H,31,36)(H,32,35). The first-order valence-corrected chi connectivity index (χ1v) is 13.8. The van der Waals surface area contributed by atoms with Crippen LogP contribution in [0.25, 0.3) is 0 Å². The van der Waals surface area contributed by atoms with Gasteiger partial charge in [-0.3, -0.25) is 28.9 Å². The predicted octanol–water partition coefficient (Wildman–Crippen LogP) is 0.437. The Morgan fingerprint density at radius 3 is 2.40 bits per heavy atom. The van der Waals surface area contributed by atoms with Gasteiger partial charge < -0.3 is 25.8 Å². The summed E-state index contributed by atoms with van der Waals surface area (Å²) < 4.78 is 1.85. The quantitative estimate of drug-likeness (QED) is 0.119. The summed E-state index contributed by atoms with van der Waals surface area (Å²) in [5.74, 6) is -2.27. The summed E-state index contributed by atoms with van der Waals surface area (Å²) >= 11 is 3.87. The van der Waals surface area contributed by atoms with Crippen LogP contribution < -0.4 is 21.3 Å². The van der Waals surface area contributed by atoms with E-state index < -0.39 is 17.7 Å². The third-order valence-electron chi connectivity index (χ3n) is 6.49. The summed E-state index contributed by atoms with van der Waals surface area (Å²) in [6.07, 6.45) is 0.469. The molecule has 1 aromatic heterocycles. The second-order valence-corrected chi connectivity index (χ2v) is 9.55. The Morgan fingerprint density at radius 1 is 0.975 bits per heavy atom. The predicted molar refractivity (Wildman–Crippen MR) is 154 cm³/mol. The van der Waals surface area contributed by atoms with Crippen molar-refractivity contribution in [3.63, 3.8) is 0 Å². The van der Waals surface area contributed by atoms with Gasteiger partial charge in [-0.15, -0.1) is 0 Å². The van der Waals surface area contributed by atoms with E-state index in [1.165, 1.54) is 4.90 Å². The maximum absolute atomic E-state index is 13.6. The second-order valence-electron chi connectivity index (χ2n) is 9.24. The first kappa shape index (κ1) is 30.6. The molecule has 40 heavy (non-hydrogen) atoms. The van der Waals surface area contributed by atoms with Crippen LogP contribution >= 0.6 is 12.6 Å². The van der Waals surface area contributed by atoms with Crippen LogP contribution in [0.4, 0.5) is 0 Å². The number of ketones is 1. The van der Waals surface area contributed by atoms with Gasteiger partial charge in [-0.2, -0.15) is 12.6 Å². The van der Waals surface area contributed by atoms with E-state index in [1.54, 1.807) is 36.4 Å². The molecule has 0 aliphatic carbocycles. The number of nitrogens with one attached hydrogen (secondary N) is 4. The van der Waals surface area contributed by atoms with Crippen LogP contribution in [0.3, 0.4) is 0 Å². The number of fused-ring (bicyclic) bond motifs is 1. The SMILES string of the molecule is C=C(CNC(=O)CS)NCC(=O)NCC(=O)N(CCNCC)C(=O)C1CCn2c(C(=O)c3ccccc3)ccc21. The number of imide groups is 1. The smallest absolute Gasteiger partial charge is 0.248 e. The van der Waals surface area contributed by atoms with E-state index in [9.17, 15) is 24.0 Å². The van der Waals surface area contributed by atoms with Gasteiger partial charge in [-0.05, 0) is 25.1 Å². The molecule has 1 aliphatic rings. The summed E-state index contributed by atoms with van der Waals surface area (Å²) in [4.78, 5) is 64.5. The van der Waals surface area contributed by atoms with Gasteiger partial charge in [0.2, 0.25) is 29.4 Å². The number of hydrogen-bond acceptors (Lipinski definition) is 8. The molecule has 11 nitrogen and oxygen atoms in total. The molecule has 0 saturated heterocycles. The van der Waals surface area contributed by atoms with Gasteiger partial charge in [-0.1, -0.05) is 43.8 Å². The molecule has 0 spiro atoms. The lowest BCUT2D eigenvalue weighted by atomic mass is 10.0. The molecule has 4 amide bonds. The van der Waals surface area contributed by atoms with E-state index in [2.05, 4.69) is 40.5 Å². The van der Waals surface area contributed by atoms with Gasteiger partial charge in [0.05, 0.1) is 37.0 Å². The molecular formula is C28H36N6O5S. The van der Waals surface area contributed by atoms with Crippen molar-refractivity contribution in [2.24, 2.45) is 0 Å². The maximum atomic E-state index is 13.6. The summed E-state index contributed by atoms with van der Waals surface area (Å²) in [5.41, 5.74) is 2.20. The summed E-state index contributed by atoms with van der Waals surface area (Å²) in [6.45, 7) is 7.01. The molecule has 1 unspecified atom stereocenters. The van der Waals surface area contributed by atoms with Crippen molar-refractivity contribution in [2.45, 2.75) is 25.8 Å². The van der Waals surface area contributed by atoms with Crippen molar-refractivity contribution in [3.8, 4) is 0 Å². The minimum Gasteiger partial charge on any atom is -0.379 e. The van der Waals surface area contributed by atoms with Gasteiger partial charge in [0.15, 0.2) is 0 Å². The molecule has 0 radical (unpaired) electrons. The summed E-state index contributed by atoms with van der Waals surface area (Å²) in [7, 11) is 0. The fourth-order valence-electron chi connectivity index (χ4n) is 4.40. The highest BCUT2D eigenvalue weighted by atomic mass is 32.1. The average molecular weight is 569 g/mol. The zero-order chi connectivity index (χ0) is 29.1. The monoisotopic (exact) mass is 568 g/mol. The molecule has 1 atom stereocenters. The van der Waals surface area contributed by atoms with Crippen molar-refractivity contribution in [3.05, 3.63) is 71.7 Å². The fourth-order valence-corrected chi connectivity index (χ4v) is 4.52. The van der Waals surface area contributed by atoms with E-state index in [4.69, 9.17) is 0 Å². The number of benzene rings is 1. The van der Waals surface area contributed by atoms with E-state index >= 15 is 0 Å². The van der Waals surface area contributed by atoms with Gasteiger partial charge in [0.1, 0.15) is 0 Å². The van der Waals surface area contributed by atoms with Crippen LogP contribution in [0.1, 0.15) is 41.0 Å². The minimum atomic E-state index is -0.573. The number of carbonyl (C=O) groups excluding carboxylic acids is 5. The third-order valence-corrected chi connectivity index (χ3v) is 6.77. The number of likely N-dealkylation sites (N-methyl/N-ethyl adjacent to an activating group) is 1. The lowest BCUT2D eigenvalue weighted by molar-refractivity contribution is -0.146. The Bertz CT molecular complexity index is 1250. The zero-order valence-corrected chi connectivity index (χ0v) is 23.5. The zero-order valence-electron chi connectivity index (χ0n) is 22.6. The number of hydrogen-bond donors (Lipinski definition) is 5. The Hall–Kier alpha value is -3.90. The number of nitrogens with zero attached hydrogens (tertiary/aromatic N) is 2. The molecule has 12 heteroatoms. The number of thiol groups is 1. The molecular weight excluding hydrogens is 532 g/mol. The first-order chi connectivity index (χ1) is 19.3. The minimum absolute atomic E-state index is 0.0402. The first-order valence-electron chi connectivity index (χ1n) is 13.2. The van der Waals surface area contributed by atoms with Crippen molar-refractivity contribution in [2.75, 3.05) is 45.0 Å². The molecule has 2 aromatic rings. The summed E-state index contributed by atoms with van der Waals surface area (Å²) in [6, 6.07) is 12.4. The van der Waals surface area contributed by atoms with Crippen molar-refractivity contribution < 1.29 is 24.0 Å². The molecule has 4 N–H and O–H groups in total. The molecule has 2 heterocycles. The van der Waals surface area contributed by atoms with Crippen molar-refractivity contribution in [1.29, 1.82) is 0 Å². The normalized spacial score (nSPS) is 13.7. The number of aromatic nitrogens is 1. The topological polar surface area (TPSA) is 142 Å². The van der Waals surface area contributed by atoms with E-state index in [-0.39, 0.29) is 49.5 Å². The van der Waals surface area contributed by atoms with Crippen molar-refractivity contribution >= 4 is 42.0 Å². The average Bonchev–Trinajstić information content (AvgIpc) is 3.58. The summed E-state index contributed by atoms with van der Waals surface area (Å²) in [5, 5.41) is 11.0. The lowest BCUT2D eigenvalue weighted by Gasteiger charge is -2.24. The molecule has 0 saturated carbocycles. The molecule has 0 bridgehead atoms. The highest BCUT2D eigenvalue weighted by Gasteiger charge is 2.36. The fraction of sp³-hybridized carbons (Fsp3) is 0.393. The Labute approximate surface area is 239 Å². The van der Waals surface area contributed by atoms with Crippen LogP contribution in [-0.4, -0.2) is 83.9 Å². The largest absolute Gasteiger partial charge is 0.379 e. The van der Waals surface area contributed by atoms with E-state index in [1.807, 2.05) is 17.6 Å². The number of rotatable bonds is 15. The van der Waals surface area contributed by atoms with E-state index in [0.29, 0.717) is 48.7 Å². The molecule has 3 rings (SSSR count). The van der Waals surface area contributed by atoms with Crippen molar-refractivity contribution in [1.82, 2.24) is 30.7 Å². The third kappa shape index (κ3) is 8.06. The van der Waals surface area contributed by atoms with Crippen LogP contribution in [0.15, 0.2) is 54.7 Å². The van der Waals surface area contributed by atoms with Crippen LogP contribution in [0, 0.1) is 0 Å². The molecule has 214 valence electrons. The second kappa shape index (κ2) is 15.0. The lowest BCUT2D eigenvalue weighted by Crippen LogP contribution is -2.48. The number of carbonyl (C=O) groups is 5. The maximum Gasteiger partial charge on any atom is 0.248 e. The van der Waals surface area contributed by atoms with Gasteiger partial charge in [-0.25, -0.2) is 0 Å². The highest BCUT2D eigenvalue weighted by molar-refractivity contribution is 7.81. The Kier molecular flexibility index (Phi) is 11.5. The highest BCUT2D eigenvalue weighted by Crippen LogP contribution is 2.33. The van der Waals surface area contributed by atoms with Gasteiger partial charge in [0, 0.05) is 36.6 Å². The molecule has 1 aliphatic heterocycles. The van der Waals surface area contributed by atoms with E-state index in [0.717, 1.165) is 0 Å². The molecule has 1 aromatic carbocycles.